The molecule has 2 heterocycles. The molecular weight excluding hydrogens is 273 g/mol. The highest BCUT2D eigenvalue weighted by Crippen LogP contribution is 2.33. The highest BCUT2D eigenvalue weighted by atomic mass is 35.5. The van der Waals surface area contributed by atoms with Crippen LogP contribution in [0, 0.1) is 0 Å². The van der Waals surface area contributed by atoms with Gasteiger partial charge in [-0.25, -0.2) is 0 Å². The molecular formula is C12H15Cl2N3O. The standard InChI is InChI=1S/C12H14ClN3O.ClH/c13-12-9-7-15-16-10(9)1-2-11(12)17-8-3-5-14-6-4-8;/h1-2,7-8,14H,3-6H2,(H,15,16);1H. The number of halogens is 2. The maximum absolute atomic E-state index is 6.30. The lowest BCUT2D eigenvalue weighted by molar-refractivity contribution is 0.163. The normalized spacial score (nSPS) is 16.5. The fraction of sp³-hybridized carbons (Fsp3) is 0.417. The fourth-order valence-corrected chi connectivity index (χ4v) is 2.41. The highest BCUT2D eigenvalue weighted by molar-refractivity contribution is 6.36. The van der Waals surface area contributed by atoms with Gasteiger partial charge in [0, 0.05) is 5.39 Å². The minimum Gasteiger partial charge on any atom is -0.489 e. The number of fused-ring (bicyclic) bond motifs is 1. The topological polar surface area (TPSA) is 49.9 Å². The van der Waals surface area contributed by atoms with Crippen LogP contribution in [-0.4, -0.2) is 29.4 Å². The summed E-state index contributed by atoms with van der Waals surface area (Å²) in [5, 5.41) is 11.7. The predicted molar refractivity (Wildman–Crippen MR) is 74.9 cm³/mol. The summed E-state index contributed by atoms with van der Waals surface area (Å²) in [5.74, 6) is 0.757. The molecule has 0 bridgehead atoms. The summed E-state index contributed by atoms with van der Waals surface area (Å²) in [6, 6.07) is 3.86. The summed E-state index contributed by atoms with van der Waals surface area (Å²) in [5.41, 5.74) is 0.938. The van der Waals surface area contributed by atoms with Crippen LogP contribution >= 0.6 is 24.0 Å². The second-order valence-corrected chi connectivity index (χ2v) is 4.65. The van der Waals surface area contributed by atoms with E-state index in [1.807, 2.05) is 12.1 Å². The molecule has 0 radical (unpaired) electrons. The van der Waals surface area contributed by atoms with Gasteiger partial charge in [-0.05, 0) is 38.1 Å². The van der Waals surface area contributed by atoms with Crippen molar-refractivity contribution in [2.45, 2.75) is 18.9 Å². The first-order valence-corrected chi connectivity index (χ1v) is 6.21. The van der Waals surface area contributed by atoms with Crippen LogP contribution in [-0.2, 0) is 0 Å². The first-order chi connectivity index (χ1) is 8.34. The number of benzene rings is 1. The number of nitrogens with one attached hydrogen (secondary N) is 2. The maximum atomic E-state index is 6.30. The van der Waals surface area contributed by atoms with Crippen LogP contribution in [0.4, 0.5) is 0 Å². The van der Waals surface area contributed by atoms with E-state index in [9.17, 15) is 0 Å². The molecule has 0 unspecified atom stereocenters. The largest absolute Gasteiger partial charge is 0.489 e. The molecule has 0 spiro atoms. The Morgan fingerprint density at radius 2 is 2.06 bits per heavy atom. The smallest absolute Gasteiger partial charge is 0.139 e. The molecule has 2 aromatic rings. The molecule has 6 heteroatoms. The average molecular weight is 288 g/mol. The Hall–Kier alpha value is -0.970. The van der Waals surface area contributed by atoms with Gasteiger partial charge in [-0.1, -0.05) is 11.6 Å². The van der Waals surface area contributed by atoms with E-state index in [4.69, 9.17) is 16.3 Å². The summed E-state index contributed by atoms with van der Waals surface area (Å²) >= 11 is 6.30. The Bertz CT molecular complexity index is 523. The van der Waals surface area contributed by atoms with Gasteiger partial charge in [-0.2, -0.15) is 5.10 Å². The van der Waals surface area contributed by atoms with E-state index in [1.54, 1.807) is 6.20 Å². The number of aromatic nitrogens is 2. The van der Waals surface area contributed by atoms with Crippen molar-refractivity contribution in [3.63, 3.8) is 0 Å². The lowest BCUT2D eigenvalue weighted by atomic mass is 10.1. The molecule has 0 atom stereocenters. The van der Waals surface area contributed by atoms with E-state index >= 15 is 0 Å². The van der Waals surface area contributed by atoms with Gasteiger partial charge >= 0.3 is 0 Å². The Kier molecular flexibility index (Phi) is 4.32. The lowest BCUT2D eigenvalue weighted by Crippen LogP contribution is -2.34. The van der Waals surface area contributed by atoms with E-state index in [0.717, 1.165) is 42.6 Å². The summed E-state index contributed by atoms with van der Waals surface area (Å²) in [6.45, 7) is 2.02. The van der Waals surface area contributed by atoms with Gasteiger partial charge in [0.05, 0.1) is 16.7 Å². The molecule has 18 heavy (non-hydrogen) atoms. The maximum Gasteiger partial charge on any atom is 0.139 e. The minimum absolute atomic E-state index is 0. The third-order valence-electron chi connectivity index (χ3n) is 3.10. The van der Waals surface area contributed by atoms with Gasteiger partial charge in [0.15, 0.2) is 0 Å². The Balaban J connectivity index is 0.00000120. The zero-order valence-corrected chi connectivity index (χ0v) is 11.4. The second-order valence-electron chi connectivity index (χ2n) is 4.28. The zero-order chi connectivity index (χ0) is 11.7. The fourth-order valence-electron chi connectivity index (χ4n) is 2.15. The molecule has 1 aromatic carbocycles. The van der Waals surface area contributed by atoms with Crippen molar-refractivity contribution < 1.29 is 4.74 Å². The molecule has 1 aliphatic heterocycles. The van der Waals surface area contributed by atoms with Crippen LogP contribution in [0.5, 0.6) is 5.75 Å². The van der Waals surface area contributed by atoms with Gasteiger partial charge in [0.2, 0.25) is 0 Å². The van der Waals surface area contributed by atoms with Crippen LogP contribution < -0.4 is 10.1 Å². The number of aromatic amines is 1. The number of rotatable bonds is 2. The molecule has 1 aliphatic rings. The average Bonchev–Trinajstić information content (AvgIpc) is 2.83. The first-order valence-electron chi connectivity index (χ1n) is 5.83. The molecule has 3 rings (SSSR count). The number of hydrogen-bond acceptors (Lipinski definition) is 3. The van der Waals surface area contributed by atoms with Crippen LogP contribution in [0.1, 0.15) is 12.8 Å². The van der Waals surface area contributed by atoms with E-state index in [1.165, 1.54) is 0 Å². The molecule has 0 aliphatic carbocycles. The number of nitrogens with zero attached hydrogens (tertiary/aromatic N) is 1. The van der Waals surface area contributed by atoms with Crippen LogP contribution in [0.15, 0.2) is 18.3 Å². The van der Waals surface area contributed by atoms with Crippen molar-refractivity contribution in [3.8, 4) is 5.75 Å². The van der Waals surface area contributed by atoms with Gasteiger partial charge in [0.25, 0.3) is 0 Å². The molecule has 4 nitrogen and oxygen atoms in total. The zero-order valence-electron chi connectivity index (χ0n) is 9.78. The summed E-state index contributed by atoms with van der Waals surface area (Å²) in [6.07, 6.45) is 4.05. The number of hydrogen-bond donors (Lipinski definition) is 2. The monoisotopic (exact) mass is 287 g/mol. The third-order valence-corrected chi connectivity index (χ3v) is 3.49. The lowest BCUT2D eigenvalue weighted by Gasteiger charge is -2.24. The van der Waals surface area contributed by atoms with E-state index in [0.29, 0.717) is 5.02 Å². The van der Waals surface area contributed by atoms with Crippen LogP contribution in [0.3, 0.4) is 0 Å². The highest BCUT2D eigenvalue weighted by Gasteiger charge is 2.17. The molecule has 2 N–H and O–H groups in total. The van der Waals surface area contributed by atoms with Gasteiger partial charge in [-0.3, -0.25) is 5.10 Å². The quantitative estimate of drug-likeness (QED) is 0.893. The molecule has 1 saturated heterocycles. The van der Waals surface area contributed by atoms with E-state index in [-0.39, 0.29) is 18.5 Å². The number of H-pyrrole nitrogens is 1. The van der Waals surface area contributed by atoms with Gasteiger partial charge < -0.3 is 10.1 Å². The minimum atomic E-state index is 0. The summed E-state index contributed by atoms with van der Waals surface area (Å²) in [4.78, 5) is 0. The number of piperidine rings is 1. The van der Waals surface area contributed by atoms with Crippen molar-refractivity contribution in [1.82, 2.24) is 15.5 Å². The van der Waals surface area contributed by atoms with Crippen molar-refractivity contribution in [2.24, 2.45) is 0 Å². The Morgan fingerprint density at radius 1 is 1.28 bits per heavy atom. The van der Waals surface area contributed by atoms with Gasteiger partial charge in [0.1, 0.15) is 11.9 Å². The molecule has 1 fully saturated rings. The van der Waals surface area contributed by atoms with Crippen molar-refractivity contribution in [3.05, 3.63) is 23.4 Å². The second kappa shape index (κ2) is 5.78. The Labute approximate surface area is 116 Å². The SMILES string of the molecule is Cl.Clc1c(OC2CCNCC2)ccc2[nH]ncc12. The Morgan fingerprint density at radius 3 is 2.83 bits per heavy atom. The van der Waals surface area contributed by atoms with Crippen LogP contribution in [0.25, 0.3) is 10.9 Å². The molecule has 0 saturated carbocycles. The van der Waals surface area contributed by atoms with E-state index in [2.05, 4.69) is 15.5 Å². The van der Waals surface area contributed by atoms with Crippen molar-refractivity contribution in [1.29, 1.82) is 0 Å². The summed E-state index contributed by atoms with van der Waals surface area (Å²) < 4.78 is 5.95. The first kappa shape index (κ1) is 13.5. The van der Waals surface area contributed by atoms with Crippen LogP contribution in [0.2, 0.25) is 5.02 Å². The molecule has 0 amide bonds. The van der Waals surface area contributed by atoms with Crippen molar-refractivity contribution >= 4 is 34.9 Å². The third kappa shape index (κ3) is 2.55. The van der Waals surface area contributed by atoms with E-state index < -0.39 is 0 Å². The number of ether oxygens (including phenoxy) is 1. The van der Waals surface area contributed by atoms with Crippen molar-refractivity contribution in [2.75, 3.05) is 13.1 Å². The molecule has 1 aromatic heterocycles. The predicted octanol–water partition coefficient (Wildman–Crippen LogP) is 2.77. The molecule has 98 valence electrons. The van der Waals surface area contributed by atoms with Gasteiger partial charge in [-0.15, -0.1) is 12.4 Å². The summed E-state index contributed by atoms with van der Waals surface area (Å²) in [7, 11) is 0.